The maximum atomic E-state index is 13.3. The van der Waals surface area contributed by atoms with Crippen molar-refractivity contribution in [2.75, 3.05) is 5.32 Å². The maximum absolute atomic E-state index is 13.3. The summed E-state index contributed by atoms with van der Waals surface area (Å²) in [6.07, 6.45) is 0. The first-order valence-electron chi connectivity index (χ1n) is 6.28. The molecule has 1 atom stereocenters. The van der Waals surface area contributed by atoms with Crippen LogP contribution in [0, 0.1) is 18.2 Å². The smallest absolute Gasteiger partial charge is 0.326 e. The highest BCUT2D eigenvalue weighted by Crippen LogP contribution is 2.24. The summed E-state index contributed by atoms with van der Waals surface area (Å²) in [4.78, 5) is 23.1. The minimum atomic E-state index is -1.12. The van der Waals surface area contributed by atoms with Gasteiger partial charge in [-0.3, -0.25) is 0 Å². The molecule has 3 N–H and O–H groups in total. The normalized spacial score (nSPS) is 12.7. The van der Waals surface area contributed by atoms with Gasteiger partial charge < -0.3 is 15.7 Å². The number of amides is 2. The Kier molecular flexibility index (Phi) is 5.33. The van der Waals surface area contributed by atoms with E-state index >= 15 is 0 Å². The lowest BCUT2D eigenvalue weighted by atomic mass is 9.87. The number of hydrogen-bond acceptors (Lipinski definition) is 2. The fourth-order valence-electron chi connectivity index (χ4n) is 1.72. The van der Waals surface area contributed by atoms with Crippen LogP contribution in [-0.2, 0) is 4.79 Å². The summed E-state index contributed by atoms with van der Waals surface area (Å²) in [6.45, 7) is 6.78. The number of aliphatic carboxylic acids is 1. The standard InChI is InChI=1S/C14H18BrFN2O3/c1-7-5-9(16)8(15)6-10(7)17-13(21)18-11(12(19)20)14(2,3)4/h5-6,11H,1-4H3,(H,19,20)(H2,17,18,21)/t11-/m0/s1. The molecule has 0 heterocycles. The van der Waals surface area contributed by atoms with Crippen LogP contribution in [0.5, 0.6) is 0 Å². The van der Waals surface area contributed by atoms with Crippen molar-refractivity contribution < 1.29 is 19.1 Å². The minimum absolute atomic E-state index is 0.217. The van der Waals surface area contributed by atoms with Crippen LogP contribution in [0.3, 0.4) is 0 Å². The lowest BCUT2D eigenvalue weighted by Gasteiger charge is -2.27. The molecule has 0 saturated carbocycles. The zero-order valence-electron chi connectivity index (χ0n) is 12.3. The largest absolute Gasteiger partial charge is 0.480 e. The van der Waals surface area contributed by atoms with Gasteiger partial charge in [0.2, 0.25) is 0 Å². The van der Waals surface area contributed by atoms with Gasteiger partial charge in [0.1, 0.15) is 11.9 Å². The molecule has 1 aromatic rings. The van der Waals surface area contributed by atoms with Crippen molar-refractivity contribution in [1.82, 2.24) is 5.32 Å². The van der Waals surface area contributed by atoms with Crippen LogP contribution in [0.25, 0.3) is 0 Å². The van der Waals surface area contributed by atoms with Crippen molar-refractivity contribution >= 4 is 33.6 Å². The Morgan fingerprint density at radius 1 is 1.33 bits per heavy atom. The molecule has 2 amide bonds. The number of halogens is 2. The zero-order valence-corrected chi connectivity index (χ0v) is 13.8. The summed E-state index contributed by atoms with van der Waals surface area (Å²) in [5.74, 6) is -1.55. The fraction of sp³-hybridized carbons (Fsp3) is 0.429. The minimum Gasteiger partial charge on any atom is -0.480 e. The van der Waals surface area contributed by atoms with Crippen LogP contribution in [0.1, 0.15) is 26.3 Å². The van der Waals surface area contributed by atoms with Gasteiger partial charge in [0.15, 0.2) is 0 Å². The predicted molar refractivity (Wildman–Crippen MR) is 81.9 cm³/mol. The van der Waals surface area contributed by atoms with Crippen LogP contribution in [-0.4, -0.2) is 23.1 Å². The highest BCUT2D eigenvalue weighted by molar-refractivity contribution is 9.10. The van der Waals surface area contributed by atoms with Gasteiger partial charge in [-0.1, -0.05) is 20.8 Å². The van der Waals surface area contributed by atoms with Gasteiger partial charge in [-0.25, -0.2) is 14.0 Å². The molecule has 116 valence electrons. The molecule has 0 fully saturated rings. The second-order valence-electron chi connectivity index (χ2n) is 5.82. The quantitative estimate of drug-likeness (QED) is 0.771. The Morgan fingerprint density at radius 3 is 2.38 bits per heavy atom. The number of carboxylic acid groups (broad SMARTS) is 1. The molecule has 5 nitrogen and oxygen atoms in total. The van der Waals surface area contributed by atoms with E-state index in [0.29, 0.717) is 11.3 Å². The van der Waals surface area contributed by atoms with Gasteiger partial charge in [0.05, 0.1) is 4.47 Å². The number of carbonyl (C=O) groups is 2. The molecular formula is C14H18BrFN2O3. The third-order valence-corrected chi connectivity index (χ3v) is 3.51. The van der Waals surface area contributed by atoms with E-state index in [9.17, 15) is 14.0 Å². The molecule has 0 aliphatic heterocycles. The third kappa shape index (κ3) is 4.70. The highest BCUT2D eigenvalue weighted by Gasteiger charge is 2.32. The zero-order chi connectivity index (χ0) is 16.4. The number of aryl methyl sites for hydroxylation is 1. The van der Waals surface area contributed by atoms with E-state index < -0.39 is 29.3 Å². The summed E-state index contributed by atoms with van der Waals surface area (Å²) in [5.41, 5.74) is 0.300. The van der Waals surface area contributed by atoms with Crippen LogP contribution < -0.4 is 10.6 Å². The molecule has 0 aromatic heterocycles. The first-order valence-corrected chi connectivity index (χ1v) is 7.07. The molecule has 0 saturated heterocycles. The monoisotopic (exact) mass is 360 g/mol. The Morgan fingerprint density at radius 2 is 1.90 bits per heavy atom. The molecule has 0 radical (unpaired) electrons. The first kappa shape index (κ1) is 17.4. The Hall–Kier alpha value is -1.63. The first-order chi connectivity index (χ1) is 9.52. The topological polar surface area (TPSA) is 78.4 Å². The van der Waals surface area contributed by atoms with Gasteiger partial charge >= 0.3 is 12.0 Å². The number of benzene rings is 1. The number of rotatable bonds is 3. The average molecular weight is 361 g/mol. The number of carbonyl (C=O) groups excluding carboxylic acids is 1. The van der Waals surface area contributed by atoms with Crippen LogP contribution in [0.15, 0.2) is 16.6 Å². The molecule has 1 aromatic carbocycles. The summed E-state index contributed by atoms with van der Waals surface area (Å²) in [5, 5.41) is 14.1. The van der Waals surface area contributed by atoms with E-state index in [1.165, 1.54) is 12.1 Å². The Labute approximate surface area is 131 Å². The molecule has 0 aliphatic rings. The van der Waals surface area contributed by atoms with E-state index in [-0.39, 0.29) is 4.47 Å². The Balaban J connectivity index is 2.87. The number of carboxylic acids is 1. The number of urea groups is 1. The van der Waals surface area contributed by atoms with Gasteiger partial charge in [-0.05, 0) is 46.0 Å². The number of hydrogen-bond donors (Lipinski definition) is 3. The summed E-state index contributed by atoms with van der Waals surface area (Å²) in [6, 6.07) is 1.01. The predicted octanol–water partition coefficient (Wildman–Crippen LogP) is 3.52. The second kappa shape index (κ2) is 6.43. The van der Waals surface area contributed by atoms with E-state index in [4.69, 9.17) is 5.11 Å². The average Bonchev–Trinajstić information content (AvgIpc) is 2.31. The number of nitrogens with one attached hydrogen (secondary N) is 2. The van der Waals surface area contributed by atoms with Gasteiger partial charge in [-0.2, -0.15) is 0 Å². The van der Waals surface area contributed by atoms with Crippen molar-refractivity contribution in [2.45, 2.75) is 33.7 Å². The van der Waals surface area contributed by atoms with Crippen molar-refractivity contribution in [3.8, 4) is 0 Å². The molecule has 21 heavy (non-hydrogen) atoms. The molecular weight excluding hydrogens is 343 g/mol. The number of anilines is 1. The molecule has 0 bridgehead atoms. The SMILES string of the molecule is Cc1cc(F)c(Br)cc1NC(=O)N[C@@H](C(=O)O)C(C)(C)C. The lowest BCUT2D eigenvalue weighted by molar-refractivity contribution is -0.141. The van der Waals surface area contributed by atoms with Crippen molar-refractivity contribution in [3.63, 3.8) is 0 Å². The molecule has 0 aliphatic carbocycles. The summed E-state index contributed by atoms with van der Waals surface area (Å²) >= 11 is 3.04. The van der Waals surface area contributed by atoms with Gasteiger partial charge in [0.25, 0.3) is 0 Å². The molecule has 0 spiro atoms. The van der Waals surface area contributed by atoms with E-state index in [0.717, 1.165) is 0 Å². The third-order valence-electron chi connectivity index (χ3n) is 2.90. The molecule has 0 unspecified atom stereocenters. The lowest BCUT2D eigenvalue weighted by Crippen LogP contribution is -2.50. The van der Waals surface area contributed by atoms with E-state index in [1.54, 1.807) is 27.7 Å². The van der Waals surface area contributed by atoms with Crippen molar-refractivity contribution in [2.24, 2.45) is 5.41 Å². The van der Waals surface area contributed by atoms with Crippen LogP contribution >= 0.6 is 15.9 Å². The van der Waals surface area contributed by atoms with E-state index in [1.807, 2.05) is 0 Å². The van der Waals surface area contributed by atoms with Crippen LogP contribution in [0.4, 0.5) is 14.9 Å². The van der Waals surface area contributed by atoms with Gasteiger partial charge in [-0.15, -0.1) is 0 Å². The van der Waals surface area contributed by atoms with Crippen molar-refractivity contribution in [3.05, 3.63) is 28.0 Å². The summed E-state index contributed by atoms with van der Waals surface area (Å²) in [7, 11) is 0. The highest BCUT2D eigenvalue weighted by atomic mass is 79.9. The summed E-state index contributed by atoms with van der Waals surface area (Å²) < 4.78 is 13.5. The fourth-order valence-corrected chi connectivity index (χ4v) is 2.06. The Bertz CT molecular complexity index is 570. The van der Waals surface area contributed by atoms with Crippen molar-refractivity contribution in [1.29, 1.82) is 0 Å². The molecule has 7 heteroatoms. The van der Waals surface area contributed by atoms with Crippen LogP contribution in [0.2, 0.25) is 0 Å². The van der Waals surface area contributed by atoms with E-state index in [2.05, 4.69) is 26.6 Å². The molecule has 1 rings (SSSR count). The second-order valence-corrected chi connectivity index (χ2v) is 6.67. The van der Waals surface area contributed by atoms with Gasteiger partial charge in [0, 0.05) is 5.69 Å². The maximum Gasteiger partial charge on any atom is 0.326 e.